The Morgan fingerprint density at radius 2 is 2.33 bits per heavy atom. The maximum absolute atomic E-state index is 5.13. The standard InChI is InChI=1S/C18H29N7OS/c1-4-14-10-21-17(27-14)8-9-20-18(19-5-2)22-13-6-7-16-23-15(12-26-3)24-25(16)11-13/h10,13H,4-9,11-12H2,1-3H3,(H2,19,20,22). The number of guanidine groups is 1. The van der Waals surface area contributed by atoms with Crippen LogP contribution in [0.1, 0.15) is 41.8 Å². The molecule has 1 aliphatic rings. The van der Waals surface area contributed by atoms with Crippen molar-refractivity contribution >= 4 is 17.3 Å². The normalized spacial score (nSPS) is 17.0. The van der Waals surface area contributed by atoms with Crippen LogP contribution in [-0.2, 0) is 37.2 Å². The lowest BCUT2D eigenvalue weighted by atomic mass is 10.1. The van der Waals surface area contributed by atoms with Gasteiger partial charge in [-0.15, -0.1) is 11.3 Å². The zero-order chi connectivity index (χ0) is 19.1. The second-order valence-electron chi connectivity index (χ2n) is 6.52. The van der Waals surface area contributed by atoms with Crippen LogP contribution in [0.4, 0.5) is 0 Å². The first-order chi connectivity index (χ1) is 13.2. The first kappa shape index (κ1) is 19.8. The number of methoxy groups -OCH3 is 1. The Bertz CT molecular complexity index is 755. The summed E-state index contributed by atoms with van der Waals surface area (Å²) >= 11 is 1.78. The number of fused-ring (bicyclic) bond motifs is 1. The summed E-state index contributed by atoms with van der Waals surface area (Å²) in [5, 5.41) is 12.6. The molecule has 8 nitrogen and oxygen atoms in total. The second kappa shape index (κ2) is 9.80. The minimum absolute atomic E-state index is 0.291. The highest BCUT2D eigenvalue weighted by atomic mass is 32.1. The largest absolute Gasteiger partial charge is 0.377 e. The SMILES string of the molecule is CCNC(=NCCc1ncc(CC)s1)NC1CCc2nc(COC)nn2C1. The van der Waals surface area contributed by atoms with E-state index in [1.807, 2.05) is 10.9 Å². The van der Waals surface area contributed by atoms with Gasteiger partial charge in [-0.25, -0.2) is 14.6 Å². The number of hydrogen-bond acceptors (Lipinski definition) is 6. The van der Waals surface area contributed by atoms with E-state index < -0.39 is 0 Å². The van der Waals surface area contributed by atoms with Crippen molar-refractivity contribution in [3.05, 3.63) is 27.7 Å². The molecule has 0 saturated heterocycles. The first-order valence-corrected chi connectivity index (χ1v) is 10.4. The van der Waals surface area contributed by atoms with Crippen molar-refractivity contribution in [1.82, 2.24) is 30.4 Å². The van der Waals surface area contributed by atoms with Crippen LogP contribution in [0.15, 0.2) is 11.2 Å². The van der Waals surface area contributed by atoms with Gasteiger partial charge in [-0.05, 0) is 19.8 Å². The van der Waals surface area contributed by atoms with Crippen LogP contribution in [0, 0.1) is 0 Å². The molecule has 0 spiro atoms. The highest BCUT2D eigenvalue weighted by Gasteiger charge is 2.22. The lowest BCUT2D eigenvalue weighted by molar-refractivity contribution is 0.177. The van der Waals surface area contributed by atoms with Gasteiger partial charge in [0.15, 0.2) is 11.8 Å². The second-order valence-corrected chi connectivity index (χ2v) is 7.72. The van der Waals surface area contributed by atoms with Crippen molar-refractivity contribution in [2.45, 2.75) is 58.7 Å². The van der Waals surface area contributed by atoms with Crippen LogP contribution in [-0.4, -0.2) is 51.9 Å². The molecule has 27 heavy (non-hydrogen) atoms. The third-order valence-electron chi connectivity index (χ3n) is 4.41. The quantitative estimate of drug-likeness (QED) is 0.524. The Kier molecular flexibility index (Phi) is 7.17. The Labute approximate surface area is 164 Å². The van der Waals surface area contributed by atoms with Crippen molar-refractivity contribution in [3.63, 3.8) is 0 Å². The van der Waals surface area contributed by atoms with Gasteiger partial charge in [0, 0.05) is 50.2 Å². The fourth-order valence-corrected chi connectivity index (χ4v) is 3.92. The Balaban J connectivity index is 1.55. The van der Waals surface area contributed by atoms with Crippen molar-refractivity contribution < 1.29 is 4.74 Å². The molecule has 0 saturated carbocycles. The fourth-order valence-electron chi connectivity index (χ4n) is 3.07. The predicted octanol–water partition coefficient (Wildman–Crippen LogP) is 1.56. The molecule has 9 heteroatoms. The smallest absolute Gasteiger partial charge is 0.191 e. The van der Waals surface area contributed by atoms with Gasteiger partial charge in [0.2, 0.25) is 0 Å². The van der Waals surface area contributed by atoms with Crippen LogP contribution in [0.25, 0.3) is 0 Å². The molecule has 1 aliphatic heterocycles. The average molecular weight is 392 g/mol. The van der Waals surface area contributed by atoms with E-state index in [1.54, 1.807) is 18.4 Å². The molecule has 3 heterocycles. The van der Waals surface area contributed by atoms with Crippen LogP contribution < -0.4 is 10.6 Å². The van der Waals surface area contributed by atoms with Gasteiger partial charge < -0.3 is 15.4 Å². The number of aryl methyl sites for hydroxylation is 2. The lowest BCUT2D eigenvalue weighted by Gasteiger charge is -2.25. The van der Waals surface area contributed by atoms with Crippen molar-refractivity contribution in [3.8, 4) is 0 Å². The minimum atomic E-state index is 0.291. The predicted molar refractivity (Wildman–Crippen MR) is 107 cm³/mol. The van der Waals surface area contributed by atoms with E-state index in [0.717, 1.165) is 67.9 Å². The Morgan fingerprint density at radius 3 is 3.07 bits per heavy atom. The third kappa shape index (κ3) is 5.49. The molecule has 148 valence electrons. The molecule has 2 N–H and O–H groups in total. The van der Waals surface area contributed by atoms with Crippen molar-refractivity contribution in [2.24, 2.45) is 4.99 Å². The van der Waals surface area contributed by atoms with E-state index >= 15 is 0 Å². The summed E-state index contributed by atoms with van der Waals surface area (Å²) in [6.45, 7) is 7.06. The zero-order valence-corrected chi connectivity index (χ0v) is 17.2. The fraction of sp³-hybridized carbons (Fsp3) is 0.667. The number of hydrogen-bond donors (Lipinski definition) is 2. The molecule has 1 unspecified atom stereocenters. The molecule has 2 aromatic rings. The van der Waals surface area contributed by atoms with Crippen molar-refractivity contribution in [1.29, 1.82) is 0 Å². The number of aliphatic imine (C=N–C) groups is 1. The molecule has 3 rings (SSSR count). The first-order valence-electron chi connectivity index (χ1n) is 9.61. The van der Waals surface area contributed by atoms with E-state index in [9.17, 15) is 0 Å². The van der Waals surface area contributed by atoms with Gasteiger partial charge in [0.1, 0.15) is 12.4 Å². The molecule has 1 atom stereocenters. The summed E-state index contributed by atoms with van der Waals surface area (Å²) in [7, 11) is 1.66. The number of thiazole rings is 1. The summed E-state index contributed by atoms with van der Waals surface area (Å²) in [5.41, 5.74) is 0. The number of ether oxygens (including phenoxy) is 1. The summed E-state index contributed by atoms with van der Waals surface area (Å²) in [5.74, 6) is 2.65. The molecule has 0 aromatic carbocycles. The topological polar surface area (TPSA) is 89.2 Å². The van der Waals surface area contributed by atoms with Gasteiger partial charge >= 0.3 is 0 Å². The number of aromatic nitrogens is 4. The van der Waals surface area contributed by atoms with E-state index in [2.05, 4.69) is 39.5 Å². The highest BCUT2D eigenvalue weighted by Crippen LogP contribution is 2.15. The van der Waals surface area contributed by atoms with E-state index in [0.29, 0.717) is 12.6 Å². The molecular weight excluding hydrogens is 362 g/mol. The van der Waals surface area contributed by atoms with Gasteiger partial charge in [0.05, 0.1) is 11.6 Å². The van der Waals surface area contributed by atoms with Crippen molar-refractivity contribution in [2.75, 3.05) is 20.2 Å². The molecular formula is C18H29N7OS. The van der Waals surface area contributed by atoms with E-state index in [4.69, 9.17) is 9.73 Å². The van der Waals surface area contributed by atoms with Gasteiger partial charge in [-0.2, -0.15) is 5.10 Å². The third-order valence-corrected chi connectivity index (χ3v) is 5.61. The molecule has 0 radical (unpaired) electrons. The lowest BCUT2D eigenvalue weighted by Crippen LogP contribution is -2.47. The molecule has 0 amide bonds. The van der Waals surface area contributed by atoms with Gasteiger partial charge in [-0.3, -0.25) is 4.99 Å². The van der Waals surface area contributed by atoms with Crippen LogP contribution in [0.3, 0.4) is 0 Å². The summed E-state index contributed by atoms with van der Waals surface area (Å²) in [4.78, 5) is 15.1. The minimum Gasteiger partial charge on any atom is -0.377 e. The van der Waals surface area contributed by atoms with Crippen LogP contribution in [0.2, 0.25) is 0 Å². The van der Waals surface area contributed by atoms with E-state index in [-0.39, 0.29) is 0 Å². The Hall–Kier alpha value is -2.00. The summed E-state index contributed by atoms with van der Waals surface area (Å²) in [6, 6.07) is 0.291. The summed E-state index contributed by atoms with van der Waals surface area (Å²) in [6.07, 6.45) is 5.82. The molecule has 2 aromatic heterocycles. The Morgan fingerprint density at radius 1 is 1.44 bits per heavy atom. The maximum Gasteiger partial charge on any atom is 0.191 e. The van der Waals surface area contributed by atoms with Crippen LogP contribution in [0.5, 0.6) is 0 Å². The average Bonchev–Trinajstić information content (AvgIpc) is 3.28. The zero-order valence-electron chi connectivity index (χ0n) is 16.4. The van der Waals surface area contributed by atoms with E-state index in [1.165, 1.54) is 4.88 Å². The molecule has 0 aliphatic carbocycles. The molecule has 0 fully saturated rings. The highest BCUT2D eigenvalue weighted by molar-refractivity contribution is 7.11. The summed E-state index contributed by atoms with van der Waals surface area (Å²) < 4.78 is 7.12. The maximum atomic E-state index is 5.13. The monoisotopic (exact) mass is 391 g/mol. The van der Waals surface area contributed by atoms with Crippen LogP contribution >= 0.6 is 11.3 Å². The van der Waals surface area contributed by atoms with Gasteiger partial charge in [-0.1, -0.05) is 6.92 Å². The number of nitrogens with one attached hydrogen (secondary N) is 2. The number of rotatable bonds is 8. The molecule has 0 bridgehead atoms. The van der Waals surface area contributed by atoms with Gasteiger partial charge in [0.25, 0.3) is 0 Å². The number of nitrogens with zero attached hydrogens (tertiary/aromatic N) is 5.